The highest BCUT2D eigenvalue weighted by atomic mass is 32.1. The lowest BCUT2D eigenvalue weighted by atomic mass is 9.87. The Morgan fingerprint density at radius 2 is 1.02 bits per heavy atom. The quantitative estimate of drug-likeness (QED) is 0.186. The Morgan fingerprint density at radius 3 is 1.80 bits per heavy atom. The lowest BCUT2D eigenvalue weighted by Crippen LogP contribution is -1.91. The van der Waals surface area contributed by atoms with E-state index in [1.165, 1.54) is 75.5 Å². The molecule has 0 aliphatic heterocycles. The molecule has 0 N–H and O–H groups in total. The fourth-order valence-electron chi connectivity index (χ4n) is 6.83. The van der Waals surface area contributed by atoms with E-state index in [-0.39, 0.29) is 0 Å². The summed E-state index contributed by atoms with van der Waals surface area (Å²) in [5.41, 5.74) is 10.7. The second-order valence-electron chi connectivity index (χ2n) is 11.5. The predicted octanol–water partition coefficient (Wildman–Crippen LogP) is 12.4. The number of benzene rings is 7. The molecule has 0 fully saturated rings. The van der Waals surface area contributed by atoms with Gasteiger partial charge >= 0.3 is 0 Å². The monoisotopic (exact) mass is 589 g/mol. The Balaban J connectivity index is 1.36. The number of rotatable bonds is 4. The minimum atomic E-state index is 1.03. The molecular weight excluding hydrogens is 563 g/mol. The van der Waals surface area contributed by atoms with E-state index in [2.05, 4.69) is 152 Å². The minimum Gasteiger partial charge on any atom is -0.256 e. The van der Waals surface area contributed by atoms with Crippen molar-refractivity contribution in [3.8, 4) is 44.5 Å². The van der Waals surface area contributed by atoms with Crippen molar-refractivity contribution in [2.45, 2.75) is 0 Å². The van der Waals surface area contributed by atoms with Crippen LogP contribution in [0, 0.1) is 0 Å². The number of fused-ring (bicyclic) bond motifs is 6. The molecule has 0 aliphatic rings. The molecule has 0 spiro atoms. The topological polar surface area (TPSA) is 12.9 Å². The summed E-state index contributed by atoms with van der Waals surface area (Å²) in [5.74, 6) is 0. The summed E-state index contributed by atoms with van der Waals surface area (Å²) >= 11 is 1.86. The molecule has 0 aliphatic carbocycles. The third-order valence-electron chi connectivity index (χ3n) is 8.90. The largest absolute Gasteiger partial charge is 0.256 e. The summed E-state index contributed by atoms with van der Waals surface area (Å²) in [7, 11) is 0. The molecular formula is C43H27NS. The van der Waals surface area contributed by atoms with Gasteiger partial charge in [0.15, 0.2) is 0 Å². The van der Waals surface area contributed by atoms with Gasteiger partial charge in [-0.3, -0.25) is 4.98 Å². The molecule has 9 aromatic rings. The van der Waals surface area contributed by atoms with Crippen molar-refractivity contribution in [2.24, 2.45) is 0 Å². The van der Waals surface area contributed by atoms with Gasteiger partial charge in [-0.2, -0.15) is 0 Å². The number of pyridine rings is 1. The van der Waals surface area contributed by atoms with Crippen LogP contribution in [0.1, 0.15) is 0 Å². The van der Waals surface area contributed by atoms with Crippen molar-refractivity contribution >= 4 is 53.2 Å². The Labute approximate surface area is 265 Å². The normalized spacial score (nSPS) is 11.6. The Bertz CT molecular complexity index is 2470. The third-order valence-corrected chi connectivity index (χ3v) is 10.0. The Kier molecular flexibility index (Phi) is 6.07. The van der Waals surface area contributed by atoms with Gasteiger partial charge in [0.25, 0.3) is 0 Å². The Hall–Kier alpha value is -5.57. The van der Waals surface area contributed by atoms with Crippen LogP contribution in [0.2, 0.25) is 0 Å². The zero-order valence-electron chi connectivity index (χ0n) is 24.4. The van der Waals surface area contributed by atoms with Gasteiger partial charge in [-0.25, -0.2) is 0 Å². The molecule has 2 heterocycles. The third kappa shape index (κ3) is 4.34. The number of aromatic nitrogens is 1. The van der Waals surface area contributed by atoms with Crippen LogP contribution in [-0.2, 0) is 0 Å². The van der Waals surface area contributed by atoms with Crippen LogP contribution in [0.4, 0.5) is 0 Å². The molecule has 210 valence electrons. The lowest BCUT2D eigenvalue weighted by Gasteiger charge is -2.17. The highest BCUT2D eigenvalue weighted by molar-refractivity contribution is 7.25. The van der Waals surface area contributed by atoms with Crippen molar-refractivity contribution in [2.75, 3.05) is 0 Å². The van der Waals surface area contributed by atoms with E-state index in [4.69, 9.17) is 4.98 Å². The van der Waals surface area contributed by atoms with Crippen LogP contribution >= 0.6 is 11.3 Å². The van der Waals surface area contributed by atoms with Gasteiger partial charge in [0.2, 0.25) is 0 Å². The maximum absolute atomic E-state index is 4.99. The van der Waals surface area contributed by atoms with Crippen LogP contribution in [0.15, 0.2) is 164 Å². The van der Waals surface area contributed by atoms with Gasteiger partial charge in [0.05, 0.1) is 5.52 Å². The summed E-state index contributed by atoms with van der Waals surface area (Å²) in [6, 6.07) is 57.2. The van der Waals surface area contributed by atoms with E-state index in [0.717, 1.165) is 10.9 Å². The highest BCUT2D eigenvalue weighted by Gasteiger charge is 2.18. The fourth-order valence-corrected chi connectivity index (χ4v) is 7.97. The first kappa shape index (κ1) is 25.9. The van der Waals surface area contributed by atoms with Gasteiger partial charge in [-0.15, -0.1) is 11.3 Å². The molecule has 1 nitrogen and oxygen atoms in total. The lowest BCUT2D eigenvalue weighted by molar-refractivity contribution is 1.43. The Morgan fingerprint density at radius 1 is 0.378 bits per heavy atom. The maximum Gasteiger partial charge on any atom is 0.0786 e. The molecule has 0 saturated heterocycles. The molecule has 0 saturated carbocycles. The first-order chi connectivity index (χ1) is 22.3. The van der Waals surface area contributed by atoms with Crippen LogP contribution in [0.5, 0.6) is 0 Å². The van der Waals surface area contributed by atoms with Gasteiger partial charge in [-0.1, -0.05) is 121 Å². The van der Waals surface area contributed by atoms with Gasteiger partial charge in [-0.05, 0) is 86.3 Å². The van der Waals surface area contributed by atoms with E-state index in [9.17, 15) is 0 Å². The van der Waals surface area contributed by atoms with Crippen molar-refractivity contribution in [1.82, 2.24) is 4.98 Å². The number of thiophene rings is 1. The molecule has 0 amide bonds. The van der Waals surface area contributed by atoms with E-state index in [1.54, 1.807) is 0 Å². The van der Waals surface area contributed by atoms with Crippen molar-refractivity contribution in [1.29, 1.82) is 0 Å². The van der Waals surface area contributed by atoms with Gasteiger partial charge in [0, 0.05) is 37.1 Å². The van der Waals surface area contributed by atoms with Crippen LogP contribution < -0.4 is 0 Å². The molecule has 0 bridgehead atoms. The second-order valence-corrected chi connectivity index (χ2v) is 12.6. The number of nitrogens with zero attached hydrogens (tertiary/aromatic N) is 1. The zero-order valence-corrected chi connectivity index (χ0v) is 25.3. The molecule has 45 heavy (non-hydrogen) atoms. The van der Waals surface area contributed by atoms with Crippen molar-refractivity contribution in [3.05, 3.63) is 164 Å². The molecule has 0 atom stereocenters. The summed E-state index contributed by atoms with van der Waals surface area (Å²) < 4.78 is 2.62. The number of hydrogen-bond donors (Lipinski definition) is 0. The maximum atomic E-state index is 4.99. The smallest absolute Gasteiger partial charge is 0.0786 e. The van der Waals surface area contributed by atoms with E-state index in [1.807, 2.05) is 23.6 Å². The zero-order chi connectivity index (χ0) is 29.7. The standard InChI is InChI=1S/C43H27NS/c1-3-11-28(12-4-1)31-25-32(29-13-5-2-6-14-29)27-33(26-31)34-22-23-37(42-36(34)21-20-30-15-10-24-44-43(30)42)35-17-9-19-40-41(35)38-16-7-8-18-39(38)45-40/h1-27H. The minimum absolute atomic E-state index is 1.03. The molecule has 9 rings (SSSR count). The molecule has 2 aromatic heterocycles. The van der Waals surface area contributed by atoms with E-state index < -0.39 is 0 Å². The first-order valence-electron chi connectivity index (χ1n) is 15.3. The van der Waals surface area contributed by atoms with Gasteiger partial charge < -0.3 is 0 Å². The first-order valence-corrected chi connectivity index (χ1v) is 16.1. The predicted molar refractivity (Wildman–Crippen MR) is 194 cm³/mol. The molecule has 7 aromatic carbocycles. The van der Waals surface area contributed by atoms with Crippen LogP contribution in [0.25, 0.3) is 86.4 Å². The van der Waals surface area contributed by atoms with Crippen molar-refractivity contribution < 1.29 is 0 Å². The molecule has 0 radical (unpaired) electrons. The van der Waals surface area contributed by atoms with E-state index >= 15 is 0 Å². The number of hydrogen-bond acceptors (Lipinski definition) is 2. The van der Waals surface area contributed by atoms with Crippen LogP contribution in [-0.4, -0.2) is 4.98 Å². The fraction of sp³-hybridized carbons (Fsp3) is 0. The second kappa shape index (κ2) is 10.6. The average molecular weight is 590 g/mol. The SMILES string of the molecule is c1ccc(-c2cc(-c3ccccc3)cc(-c3ccc(-c4cccc5sc6ccccc6c45)c4c3ccc3cccnc34)c2)cc1. The van der Waals surface area contributed by atoms with Gasteiger partial charge in [0.1, 0.15) is 0 Å². The van der Waals surface area contributed by atoms with Crippen molar-refractivity contribution in [3.63, 3.8) is 0 Å². The summed E-state index contributed by atoms with van der Waals surface area (Å²) in [6.07, 6.45) is 1.92. The van der Waals surface area contributed by atoms with E-state index in [0.29, 0.717) is 0 Å². The summed E-state index contributed by atoms with van der Waals surface area (Å²) in [6.45, 7) is 0. The molecule has 2 heteroatoms. The average Bonchev–Trinajstić information content (AvgIpc) is 3.51. The molecule has 0 unspecified atom stereocenters. The van der Waals surface area contributed by atoms with Crippen LogP contribution in [0.3, 0.4) is 0 Å². The summed E-state index contributed by atoms with van der Waals surface area (Å²) in [4.78, 5) is 4.99. The summed E-state index contributed by atoms with van der Waals surface area (Å²) in [5, 5.41) is 6.17. The highest BCUT2D eigenvalue weighted by Crippen LogP contribution is 2.45.